The number of hydrogen-bond donors (Lipinski definition) is 1. The van der Waals surface area contributed by atoms with Crippen molar-refractivity contribution >= 4 is 5.78 Å². The summed E-state index contributed by atoms with van der Waals surface area (Å²) >= 11 is 0. The second-order valence-electron chi connectivity index (χ2n) is 4.34. The molecule has 2 aromatic carbocycles. The van der Waals surface area contributed by atoms with E-state index in [9.17, 15) is 9.90 Å². The van der Waals surface area contributed by atoms with Crippen LogP contribution in [-0.4, -0.2) is 10.9 Å². The fourth-order valence-corrected chi connectivity index (χ4v) is 2.15. The van der Waals surface area contributed by atoms with Crippen LogP contribution in [0.15, 0.2) is 48.5 Å². The fourth-order valence-electron chi connectivity index (χ4n) is 2.15. The molecule has 1 N–H and O–H groups in total. The van der Waals surface area contributed by atoms with Crippen LogP contribution in [0.1, 0.15) is 17.2 Å². The van der Waals surface area contributed by atoms with Gasteiger partial charge in [-0.3, -0.25) is 4.79 Å². The minimum atomic E-state index is -0.569. The van der Waals surface area contributed by atoms with E-state index in [0.29, 0.717) is 12.2 Å². The summed E-state index contributed by atoms with van der Waals surface area (Å²) in [5, 5.41) is 9.45. The van der Waals surface area contributed by atoms with E-state index in [-0.39, 0.29) is 11.5 Å². The number of ketones is 1. The molecule has 0 bridgehead atoms. The van der Waals surface area contributed by atoms with Gasteiger partial charge in [-0.2, -0.15) is 0 Å². The number of carbonyl (C=O) groups excluding carboxylic acids is 1. The third-order valence-corrected chi connectivity index (χ3v) is 3.06. The van der Waals surface area contributed by atoms with Crippen LogP contribution in [0, 0.1) is 0 Å². The number of hydrogen-bond acceptors (Lipinski definition) is 3. The van der Waals surface area contributed by atoms with Gasteiger partial charge in [-0.25, -0.2) is 0 Å². The second-order valence-corrected chi connectivity index (χ2v) is 4.34. The van der Waals surface area contributed by atoms with E-state index >= 15 is 0 Å². The zero-order valence-electron chi connectivity index (χ0n) is 9.67. The monoisotopic (exact) mass is 240 g/mol. The Bertz CT molecular complexity index is 590. The van der Waals surface area contributed by atoms with Gasteiger partial charge in [-0.1, -0.05) is 36.4 Å². The summed E-state index contributed by atoms with van der Waals surface area (Å²) in [6.45, 7) is 0. The number of rotatable bonds is 1. The van der Waals surface area contributed by atoms with Crippen molar-refractivity contribution in [3.8, 4) is 11.5 Å². The Morgan fingerprint density at radius 1 is 1.11 bits per heavy atom. The molecule has 1 aliphatic heterocycles. The largest absolute Gasteiger partial charge is 0.508 e. The van der Waals surface area contributed by atoms with Crippen molar-refractivity contribution in [2.24, 2.45) is 0 Å². The summed E-state index contributed by atoms with van der Waals surface area (Å²) < 4.78 is 5.70. The first-order valence-corrected chi connectivity index (χ1v) is 5.80. The van der Waals surface area contributed by atoms with Gasteiger partial charge >= 0.3 is 0 Å². The van der Waals surface area contributed by atoms with Crippen LogP contribution in [0.4, 0.5) is 0 Å². The lowest BCUT2D eigenvalue weighted by atomic mass is 9.96. The molecule has 1 heterocycles. The molecule has 0 spiro atoms. The van der Waals surface area contributed by atoms with E-state index < -0.39 is 6.10 Å². The average Bonchev–Trinajstić information content (AvgIpc) is 2.39. The molecule has 0 aliphatic carbocycles. The first-order valence-electron chi connectivity index (χ1n) is 5.80. The number of phenolic OH excluding ortho intramolecular Hbond substituents is 1. The zero-order chi connectivity index (χ0) is 12.5. The molecule has 1 aliphatic rings. The van der Waals surface area contributed by atoms with Crippen molar-refractivity contribution < 1.29 is 14.6 Å². The standard InChI is InChI=1S/C15H12O3/c16-12-7-6-11-8-13(17)15(18-14(11)9-12)10-4-2-1-3-5-10/h1-7,9,15-16H,8H2. The normalized spacial score (nSPS) is 18.0. The molecule has 3 heteroatoms. The quantitative estimate of drug-likeness (QED) is 0.833. The number of carbonyl (C=O) groups is 1. The minimum absolute atomic E-state index is 0.0411. The van der Waals surface area contributed by atoms with E-state index in [1.165, 1.54) is 0 Å². The highest BCUT2D eigenvalue weighted by Gasteiger charge is 2.29. The molecular formula is C15H12O3. The molecule has 3 rings (SSSR count). The summed E-state index contributed by atoms with van der Waals surface area (Å²) in [6, 6.07) is 14.2. The highest BCUT2D eigenvalue weighted by molar-refractivity contribution is 5.88. The van der Waals surface area contributed by atoms with Crippen LogP contribution >= 0.6 is 0 Å². The number of phenols is 1. The molecule has 0 saturated carbocycles. The Kier molecular flexibility index (Phi) is 2.52. The first kappa shape index (κ1) is 10.8. The Morgan fingerprint density at radius 2 is 1.89 bits per heavy atom. The van der Waals surface area contributed by atoms with Gasteiger partial charge in [0.1, 0.15) is 11.5 Å². The van der Waals surface area contributed by atoms with E-state index in [4.69, 9.17) is 4.74 Å². The number of fused-ring (bicyclic) bond motifs is 1. The molecule has 90 valence electrons. The molecule has 2 aromatic rings. The molecule has 0 radical (unpaired) electrons. The van der Waals surface area contributed by atoms with E-state index in [1.807, 2.05) is 30.3 Å². The molecular weight excluding hydrogens is 228 g/mol. The Balaban J connectivity index is 1.99. The maximum absolute atomic E-state index is 12.1. The molecule has 0 fully saturated rings. The van der Waals surface area contributed by atoms with Gasteiger partial charge in [-0.15, -0.1) is 0 Å². The van der Waals surface area contributed by atoms with Gasteiger partial charge < -0.3 is 9.84 Å². The van der Waals surface area contributed by atoms with Gasteiger partial charge in [0.05, 0.1) is 0 Å². The number of Topliss-reactive ketones (excluding diaryl/α,β-unsaturated/α-hetero) is 1. The van der Waals surface area contributed by atoms with Crippen LogP contribution in [-0.2, 0) is 11.2 Å². The predicted molar refractivity (Wildman–Crippen MR) is 66.6 cm³/mol. The predicted octanol–water partition coefficient (Wildman–Crippen LogP) is 2.64. The van der Waals surface area contributed by atoms with Gasteiger partial charge in [-0.05, 0) is 11.6 Å². The van der Waals surface area contributed by atoms with Crippen LogP contribution < -0.4 is 4.74 Å². The van der Waals surface area contributed by atoms with Crippen molar-refractivity contribution in [2.45, 2.75) is 12.5 Å². The smallest absolute Gasteiger partial charge is 0.182 e. The Labute approximate surface area is 105 Å². The van der Waals surface area contributed by atoms with Crippen molar-refractivity contribution in [3.63, 3.8) is 0 Å². The number of benzene rings is 2. The Hall–Kier alpha value is -2.29. The molecule has 0 aromatic heterocycles. The molecule has 1 unspecified atom stereocenters. The molecule has 0 saturated heterocycles. The summed E-state index contributed by atoms with van der Waals surface area (Å²) in [7, 11) is 0. The van der Waals surface area contributed by atoms with Crippen LogP contribution in [0.5, 0.6) is 11.5 Å². The van der Waals surface area contributed by atoms with Crippen molar-refractivity contribution in [1.82, 2.24) is 0 Å². The summed E-state index contributed by atoms with van der Waals surface area (Å²) in [4.78, 5) is 12.1. The summed E-state index contributed by atoms with van der Waals surface area (Å²) in [5.74, 6) is 0.776. The van der Waals surface area contributed by atoms with E-state index in [0.717, 1.165) is 11.1 Å². The SMILES string of the molecule is O=C1Cc2ccc(O)cc2OC1c1ccccc1. The third kappa shape index (κ3) is 1.84. The summed E-state index contributed by atoms with van der Waals surface area (Å²) in [6.07, 6.45) is -0.227. The van der Waals surface area contributed by atoms with Crippen molar-refractivity contribution in [1.29, 1.82) is 0 Å². The van der Waals surface area contributed by atoms with Crippen LogP contribution in [0.25, 0.3) is 0 Å². The van der Waals surface area contributed by atoms with Gasteiger partial charge in [0, 0.05) is 18.1 Å². The third-order valence-electron chi connectivity index (χ3n) is 3.06. The number of ether oxygens (including phenoxy) is 1. The number of aromatic hydroxyl groups is 1. The van der Waals surface area contributed by atoms with Gasteiger partial charge in [0.25, 0.3) is 0 Å². The van der Waals surface area contributed by atoms with Crippen molar-refractivity contribution in [2.75, 3.05) is 0 Å². The molecule has 18 heavy (non-hydrogen) atoms. The van der Waals surface area contributed by atoms with E-state index in [1.54, 1.807) is 18.2 Å². The fraction of sp³-hybridized carbons (Fsp3) is 0.133. The molecule has 0 amide bonds. The summed E-state index contributed by atoms with van der Waals surface area (Å²) in [5.41, 5.74) is 1.67. The lowest BCUT2D eigenvalue weighted by molar-refractivity contribution is -0.126. The van der Waals surface area contributed by atoms with Gasteiger partial charge in [0.15, 0.2) is 11.9 Å². The first-order chi connectivity index (χ1) is 8.74. The Morgan fingerprint density at radius 3 is 2.67 bits per heavy atom. The highest BCUT2D eigenvalue weighted by atomic mass is 16.5. The van der Waals surface area contributed by atoms with Crippen molar-refractivity contribution in [3.05, 3.63) is 59.7 Å². The van der Waals surface area contributed by atoms with Crippen LogP contribution in [0.3, 0.4) is 0 Å². The minimum Gasteiger partial charge on any atom is -0.508 e. The average molecular weight is 240 g/mol. The molecule has 3 nitrogen and oxygen atoms in total. The lowest BCUT2D eigenvalue weighted by Crippen LogP contribution is -2.25. The van der Waals surface area contributed by atoms with E-state index in [2.05, 4.69) is 0 Å². The maximum Gasteiger partial charge on any atom is 0.182 e. The van der Waals surface area contributed by atoms with Crippen LogP contribution in [0.2, 0.25) is 0 Å². The maximum atomic E-state index is 12.1. The highest BCUT2D eigenvalue weighted by Crippen LogP contribution is 2.34. The zero-order valence-corrected chi connectivity index (χ0v) is 9.67. The lowest BCUT2D eigenvalue weighted by Gasteiger charge is -2.25. The second kappa shape index (κ2) is 4.18. The topological polar surface area (TPSA) is 46.5 Å². The van der Waals surface area contributed by atoms with Gasteiger partial charge in [0.2, 0.25) is 0 Å². The molecule has 1 atom stereocenters.